The molecule has 4 rings (SSSR count). The first-order valence-electron chi connectivity index (χ1n) is 12.6. The van der Waals surface area contributed by atoms with Crippen LogP contribution in [0.3, 0.4) is 0 Å². The highest BCUT2D eigenvalue weighted by Gasteiger charge is 2.23. The molecule has 0 saturated carbocycles. The lowest BCUT2D eigenvalue weighted by molar-refractivity contribution is -0.124. The first kappa shape index (κ1) is 24.0. The van der Waals surface area contributed by atoms with Gasteiger partial charge in [0.15, 0.2) is 0 Å². The van der Waals surface area contributed by atoms with E-state index in [0.29, 0.717) is 12.8 Å². The zero-order chi connectivity index (χ0) is 23.8. The standard InChI is InChI=1S/C28H34N4O2/c29-20-25(31-27(33)26-9-2-3-16-30-26)15-12-21-10-13-22(14-11-21)23-7-6-8-24(19-23)28(34)32-17-4-1-5-18-32/h6-8,10-11,13-14,19,25-26,30H,1-5,9,12,15-18H2,(H,31,33)/t25-,26-/m0/s1. The van der Waals surface area contributed by atoms with Gasteiger partial charge >= 0.3 is 0 Å². The summed E-state index contributed by atoms with van der Waals surface area (Å²) in [7, 11) is 0. The monoisotopic (exact) mass is 458 g/mol. The van der Waals surface area contributed by atoms with Crippen LogP contribution in [-0.2, 0) is 11.2 Å². The van der Waals surface area contributed by atoms with Crippen LogP contribution in [0.25, 0.3) is 11.1 Å². The fourth-order valence-electron chi connectivity index (χ4n) is 4.80. The number of hydrogen-bond donors (Lipinski definition) is 2. The summed E-state index contributed by atoms with van der Waals surface area (Å²) in [4.78, 5) is 27.2. The lowest BCUT2D eigenvalue weighted by Gasteiger charge is -2.26. The molecule has 2 aromatic carbocycles. The van der Waals surface area contributed by atoms with E-state index >= 15 is 0 Å². The van der Waals surface area contributed by atoms with Crippen LogP contribution in [0.15, 0.2) is 48.5 Å². The largest absolute Gasteiger partial charge is 0.339 e. The van der Waals surface area contributed by atoms with E-state index in [1.807, 2.05) is 29.2 Å². The Bertz CT molecular complexity index is 1020. The third kappa shape index (κ3) is 6.24. The smallest absolute Gasteiger partial charge is 0.253 e. The summed E-state index contributed by atoms with van der Waals surface area (Å²) in [6.07, 6.45) is 7.63. The number of aryl methyl sites for hydroxylation is 1. The molecule has 0 unspecified atom stereocenters. The summed E-state index contributed by atoms with van der Waals surface area (Å²) in [6, 6.07) is 17.7. The molecule has 178 valence electrons. The van der Waals surface area contributed by atoms with Crippen molar-refractivity contribution in [2.75, 3.05) is 19.6 Å². The molecule has 2 fully saturated rings. The summed E-state index contributed by atoms with van der Waals surface area (Å²) >= 11 is 0. The van der Waals surface area contributed by atoms with Crippen molar-refractivity contribution < 1.29 is 9.59 Å². The second-order valence-electron chi connectivity index (χ2n) is 9.36. The van der Waals surface area contributed by atoms with Gasteiger partial charge in [0.05, 0.1) is 12.1 Å². The maximum absolute atomic E-state index is 12.9. The molecule has 2 saturated heterocycles. The van der Waals surface area contributed by atoms with Crippen molar-refractivity contribution in [2.24, 2.45) is 0 Å². The van der Waals surface area contributed by atoms with Crippen molar-refractivity contribution in [3.05, 3.63) is 59.7 Å². The van der Waals surface area contributed by atoms with Gasteiger partial charge in [0.1, 0.15) is 6.04 Å². The zero-order valence-electron chi connectivity index (χ0n) is 19.8. The highest BCUT2D eigenvalue weighted by atomic mass is 16.2. The Hall–Kier alpha value is -3.17. The van der Waals surface area contributed by atoms with Crippen molar-refractivity contribution in [2.45, 2.75) is 63.5 Å². The Morgan fingerprint density at radius 2 is 1.82 bits per heavy atom. The summed E-state index contributed by atoms with van der Waals surface area (Å²) in [5, 5.41) is 15.6. The SMILES string of the molecule is N#C[C@H](CCc1ccc(-c2cccc(C(=O)N3CCCCC3)c2)cc1)NC(=O)[C@@H]1CCCCN1. The lowest BCUT2D eigenvalue weighted by Crippen LogP contribution is -2.49. The molecular weight excluding hydrogens is 424 g/mol. The Morgan fingerprint density at radius 3 is 2.53 bits per heavy atom. The molecule has 0 radical (unpaired) electrons. The Kier molecular flexibility index (Phi) is 8.32. The van der Waals surface area contributed by atoms with Crippen molar-refractivity contribution in [3.8, 4) is 17.2 Å². The summed E-state index contributed by atoms with van der Waals surface area (Å²) in [5.41, 5.74) is 3.94. The average Bonchev–Trinajstić information content (AvgIpc) is 2.92. The Balaban J connectivity index is 1.33. The van der Waals surface area contributed by atoms with Crippen LogP contribution in [0.1, 0.15) is 60.9 Å². The third-order valence-corrected chi connectivity index (χ3v) is 6.86. The highest BCUT2D eigenvalue weighted by Crippen LogP contribution is 2.23. The maximum atomic E-state index is 12.9. The van der Waals surface area contributed by atoms with Gasteiger partial charge in [0.2, 0.25) is 5.91 Å². The fraction of sp³-hybridized carbons (Fsp3) is 0.464. The molecule has 2 atom stereocenters. The minimum atomic E-state index is -0.492. The molecule has 2 amide bonds. The lowest BCUT2D eigenvalue weighted by atomic mass is 9.98. The van der Waals surface area contributed by atoms with Crippen molar-refractivity contribution in [1.29, 1.82) is 5.26 Å². The molecule has 0 spiro atoms. The number of nitriles is 1. The van der Waals surface area contributed by atoms with Crippen molar-refractivity contribution in [3.63, 3.8) is 0 Å². The van der Waals surface area contributed by atoms with Gasteiger partial charge in [-0.25, -0.2) is 0 Å². The van der Waals surface area contributed by atoms with Crippen LogP contribution < -0.4 is 10.6 Å². The molecule has 6 nitrogen and oxygen atoms in total. The number of piperidine rings is 2. The normalized spacial score (nSPS) is 19.1. The first-order chi connectivity index (χ1) is 16.6. The summed E-state index contributed by atoms with van der Waals surface area (Å²) in [5.74, 6) is 0.0479. The summed E-state index contributed by atoms with van der Waals surface area (Å²) < 4.78 is 0. The number of rotatable bonds is 7. The van der Waals surface area contributed by atoms with Crippen LogP contribution in [0.4, 0.5) is 0 Å². The van der Waals surface area contributed by atoms with Gasteiger partial charge in [-0.05, 0) is 80.3 Å². The van der Waals surface area contributed by atoms with E-state index in [4.69, 9.17) is 0 Å². The van der Waals surface area contributed by atoms with Gasteiger partial charge in [-0.2, -0.15) is 5.26 Å². The predicted octanol–water partition coefficient (Wildman–Crippen LogP) is 4.06. The van der Waals surface area contributed by atoms with Gasteiger partial charge in [-0.3, -0.25) is 9.59 Å². The molecule has 0 aliphatic carbocycles. The molecule has 2 aliphatic rings. The molecule has 2 heterocycles. The molecule has 6 heteroatoms. The van der Waals surface area contributed by atoms with E-state index in [9.17, 15) is 14.9 Å². The van der Waals surface area contributed by atoms with E-state index in [1.54, 1.807) is 0 Å². The van der Waals surface area contributed by atoms with E-state index in [2.05, 4.69) is 41.0 Å². The number of nitrogens with one attached hydrogen (secondary N) is 2. The minimum Gasteiger partial charge on any atom is -0.339 e. The van der Waals surface area contributed by atoms with Crippen molar-refractivity contribution in [1.82, 2.24) is 15.5 Å². The van der Waals surface area contributed by atoms with E-state index in [-0.39, 0.29) is 17.9 Å². The number of nitrogens with zero attached hydrogens (tertiary/aromatic N) is 2. The molecule has 0 bridgehead atoms. The topological polar surface area (TPSA) is 85.2 Å². The number of hydrogen-bond acceptors (Lipinski definition) is 4. The molecule has 2 aliphatic heterocycles. The molecule has 2 aromatic rings. The van der Waals surface area contributed by atoms with Crippen LogP contribution in [0.5, 0.6) is 0 Å². The number of carbonyl (C=O) groups excluding carboxylic acids is 2. The van der Waals surface area contributed by atoms with Crippen LogP contribution >= 0.6 is 0 Å². The zero-order valence-corrected chi connectivity index (χ0v) is 19.8. The van der Waals surface area contributed by atoms with Crippen molar-refractivity contribution >= 4 is 11.8 Å². The van der Waals surface area contributed by atoms with Gasteiger partial charge in [-0.1, -0.05) is 42.8 Å². The Labute approximate surface area is 202 Å². The number of amides is 2. The molecule has 0 aromatic heterocycles. The van der Waals surface area contributed by atoms with E-state index < -0.39 is 6.04 Å². The van der Waals surface area contributed by atoms with Gasteiger partial charge in [-0.15, -0.1) is 0 Å². The maximum Gasteiger partial charge on any atom is 0.253 e. The van der Waals surface area contributed by atoms with Gasteiger partial charge in [0.25, 0.3) is 5.91 Å². The number of carbonyl (C=O) groups is 2. The van der Waals surface area contributed by atoms with Gasteiger partial charge in [0, 0.05) is 18.7 Å². The average molecular weight is 459 g/mol. The highest BCUT2D eigenvalue weighted by molar-refractivity contribution is 5.95. The second kappa shape index (κ2) is 11.8. The molecule has 34 heavy (non-hydrogen) atoms. The minimum absolute atomic E-state index is 0.0689. The van der Waals surface area contributed by atoms with E-state index in [0.717, 1.165) is 74.0 Å². The Morgan fingerprint density at radius 1 is 1.03 bits per heavy atom. The second-order valence-corrected chi connectivity index (χ2v) is 9.36. The predicted molar refractivity (Wildman–Crippen MR) is 133 cm³/mol. The summed E-state index contributed by atoms with van der Waals surface area (Å²) in [6.45, 7) is 2.55. The fourth-order valence-corrected chi connectivity index (χ4v) is 4.80. The van der Waals surface area contributed by atoms with Crippen LogP contribution in [0, 0.1) is 11.3 Å². The van der Waals surface area contributed by atoms with Crippen LogP contribution in [0.2, 0.25) is 0 Å². The quantitative estimate of drug-likeness (QED) is 0.655. The van der Waals surface area contributed by atoms with E-state index in [1.165, 1.54) is 6.42 Å². The number of benzene rings is 2. The molecular formula is C28H34N4O2. The molecule has 2 N–H and O–H groups in total. The van der Waals surface area contributed by atoms with Crippen LogP contribution in [-0.4, -0.2) is 48.4 Å². The third-order valence-electron chi connectivity index (χ3n) is 6.86. The number of likely N-dealkylation sites (tertiary alicyclic amines) is 1. The van der Waals surface area contributed by atoms with Gasteiger partial charge < -0.3 is 15.5 Å². The first-order valence-corrected chi connectivity index (χ1v) is 12.6.